The number of anilines is 1. The van der Waals surface area contributed by atoms with E-state index in [0.717, 1.165) is 0 Å². The number of para-hydroxylation sites is 1. The van der Waals surface area contributed by atoms with Gasteiger partial charge in [-0.1, -0.05) is 18.2 Å². The molecule has 0 spiro atoms. The van der Waals surface area contributed by atoms with E-state index in [1.54, 1.807) is 25.1 Å². The molecule has 1 amide bonds. The summed E-state index contributed by atoms with van der Waals surface area (Å²) in [5.74, 6) is -0.361. The number of carbonyl (C=O) groups excluding carboxylic acids is 1. The molecule has 1 aromatic carbocycles. The number of amides is 1. The minimum atomic E-state index is -2.99. The number of alkyl halides is 2. The fourth-order valence-electron chi connectivity index (χ4n) is 2.61. The highest BCUT2D eigenvalue weighted by Crippen LogP contribution is 2.38. The van der Waals surface area contributed by atoms with Crippen molar-refractivity contribution in [2.24, 2.45) is 5.73 Å². The Balaban J connectivity index is 2.19. The Hall–Kier alpha value is -2.97. The lowest BCUT2D eigenvalue weighted by Crippen LogP contribution is -2.32. The van der Waals surface area contributed by atoms with Gasteiger partial charge in [0.1, 0.15) is 18.1 Å². The standard InChI is InChI=1S/C14H13F2N5O2/c1-7-10(12(17)22)11(21-14(20-7)18-6-19-21)8-4-2-3-5-9(8)23-13(15)16/h2-6,11,13H,1H3,(H2,17,22)(H,18,19,20)/t11-/m0/s1. The summed E-state index contributed by atoms with van der Waals surface area (Å²) in [6, 6.07) is 5.38. The van der Waals surface area contributed by atoms with Gasteiger partial charge in [-0.25, -0.2) is 4.68 Å². The number of hydrogen-bond acceptors (Lipinski definition) is 5. The molecule has 9 heteroatoms. The number of halogens is 2. The largest absolute Gasteiger partial charge is 0.434 e. The zero-order chi connectivity index (χ0) is 16.6. The normalized spacial score (nSPS) is 17.0. The van der Waals surface area contributed by atoms with Crippen LogP contribution in [0.4, 0.5) is 14.7 Å². The lowest BCUT2D eigenvalue weighted by atomic mass is 9.94. The van der Waals surface area contributed by atoms with Crippen LogP contribution in [0.25, 0.3) is 0 Å². The van der Waals surface area contributed by atoms with E-state index in [0.29, 0.717) is 17.2 Å². The molecule has 7 nitrogen and oxygen atoms in total. The first-order valence-electron chi connectivity index (χ1n) is 6.70. The maximum Gasteiger partial charge on any atom is 0.387 e. The Morgan fingerprint density at radius 1 is 1.43 bits per heavy atom. The monoisotopic (exact) mass is 321 g/mol. The molecule has 3 N–H and O–H groups in total. The van der Waals surface area contributed by atoms with E-state index in [2.05, 4.69) is 20.1 Å². The fraction of sp³-hybridized carbons (Fsp3) is 0.214. The predicted octanol–water partition coefficient (Wildman–Crippen LogP) is 1.65. The van der Waals surface area contributed by atoms with Gasteiger partial charge in [0.15, 0.2) is 0 Å². The van der Waals surface area contributed by atoms with E-state index in [4.69, 9.17) is 5.73 Å². The van der Waals surface area contributed by atoms with E-state index in [1.165, 1.54) is 17.1 Å². The van der Waals surface area contributed by atoms with Crippen LogP contribution in [0.2, 0.25) is 0 Å². The Morgan fingerprint density at radius 2 is 2.17 bits per heavy atom. The molecule has 0 saturated carbocycles. The second kappa shape index (κ2) is 5.67. The first-order valence-corrected chi connectivity index (χ1v) is 6.70. The number of primary amides is 1. The Kier molecular flexibility index (Phi) is 3.68. The third kappa shape index (κ3) is 2.60. The third-order valence-electron chi connectivity index (χ3n) is 3.49. The number of aromatic nitrogens is 3. The van der Waals surface area contributed by atoms with E-state index in [9.17, 15) is 13.6 Å². The van der Waals surface area contributed by atoms with E-state index < -0.39 is 18.6 Å². The number of nitrogens with zero attached hydrogens (tertiary/aromatic N) is 3. The van der Waals surface area contributed by atoms with Crippen molar-refractivity contribution < 1.29 is 18.3 Å². The van der Waals surface area contributed by atoms with Crippen LogP contribution in [-0.4, -0.2) is 27.3 Å². The first-order chi connectivity index (χ1) is 11.0. The maximum atomic E-state index is 12.7. The van der Waals surface area contributed by atoms with Crippen molar-refractivity contribution in [3.05, 3.63) is 47.4 Å². The number of nitrogens with two attached hydrogens (primary N) is 1. The zero-order valence-corrected chi connectivity index (χ0v) is 12.0. The van der Waals surface area contributed by atoms with Crippen LogP contribution in [0.1, 0.15) is 18.5 Å². The van der Waals surface area contributed by atoms with Crippen LogP contribution in [0.15, 0.2) is 41.9 Å². The van der Waals surface area contributed by atoms with Crippen molar-refractivity contribution in [1.29, 1.82) is 0 Å². The molecule has 23 heavy (non-hydrogen) atoms. The molecule has 0 saturated heterocycles. The third-order valence-corrected chi connectivity index (χ3v) is 3.49. The summed E-state index contributed by atoms with van der Waals surface area (Å²) in [4.78, 5) is 15.9. The Bertz CT molecular complexity index is 787. The Labute approximate surface area is 129 Å². The zero-order valence-electron chi connectivity index (χ0n) is 12.0. The predicted molar refractivity (Wildman–Crippen MR) is 76.8 cm³/mol. The number of nitrogens with one attached hydrogen (secondary N) is 1. The Morgan fingerprint density at radius 3 is 2.87 bits per heavy atom. The van der Waals surface area contributed by atoms with Crippen molar-refractivity contribution in [3.8, 4) is 5.75 Å². The van der Waals surface area contributed by atoms with Crippen LogP contribution in [0.3, 0.4) is 0 Å². The smallest absolute Gasteiger partial charge is 0.387 e. The summed E-state index contributed by atoms with van der Waals surface area (Å²) in [6.45, 7) is -1.34. The second-order valence-corrected chi connectivity index (χ2v) is 4.88. The van der Waals surface area contributed by atoms with Gasteiger partial charge in [0, 0.05) is 11.3 Å². The van der Waals surface area contributed by atoms with Gasteiger partial charge in [-0.3, -0.25) is 4.79 Å². The molecule has 1 aromatic heterocycles. The number of allylic oxidation sites excluding steroid dienone is 1. The molecule has 1 aliphatic rings. The van der Waals surface area contributed by atoms with Crippen LogP contribution in [0.5, 0.6) is 5.75 Å². The highest BCUT2D eigenvalue weighted by Gasteiger charge is 2.34. The molecular weight excluding hydrogens is 308 g/mol. The van der Waals surface area contributed by atoms with Gasteiger partial charge in [-0.2, -0.15) is 18.9 Å². The van der Waals surface area contributed by atoms with Crippen LogP contribution in [0, 0.1) is 0 Å². The molecule has 2 aromatic rings. The topological polar surface area (TPSA) is 95.1 Å². The fourth-order valence-corrected chi connectivity index (χ4v) is 2.61. The van der Waals surface area contributed by atoms with Gasteiger partial charge in [-0.15, -0.1) is 0 Å². The summed E-state index contributed by atoms with van der Waals surface area (Å²) in [5.41, 5.74) is 6.50. The molecule has 120 valence electrons. The highest BCUT2D eigenvalue weighted by molar-refractivity contribution is 5.95. The number of ether oxygens (including phenoxy) is 1. The average molecular weight is 321 g/mol. The molecular formula is C14H13F2N5O2. The van der Waals surface area contributed by atoms with Gasteiger partial charge in [0.25, 0.3) is 0 Å². The van der Waals surface area contributed by atoms with Crippen LogP contribution in [-0.2, 0) is 4.79 Å². The number of hydrogen-bond donors (Lipinski definition) is 2. The molecule has 3 rings (SSSR count). The van der Waals surface area contributed by atoms with Crippen LogP contribution >= 0.6 is 0 Å². The summed E-state index contributed by atoms with van der Waals surface area (Å²) in [5, 5.41) is 6.97. The maximum absolute atomic E-state index is 12.7. The number of carbonyl (C=O) groups is 1. The molecule has 2 heterocycles. The van der Waals surface area contributed by atoms with Gasteiger partial charge < -0.3 is 15.8 Å². The van der Waals surface area contributed by atoms with Crippen molar-refractivity contribution in [2.45, 2.75) is 19.6 Å². The quantitative estimate of drug-likeness (QED) is 0.893. The molecule has 0 radical (unpaired) electrons. The number of rotatable bonds is 4. The first kappa shape index (κ1) is 14.9. The molecule has 1 aliphatic heterocycles. The average Bonchev–Trinajstić information content (AvgIpc) is 2.93. The van der Waals surface area contributed by atoms with Gasteiger partial charge in [0.05, 0.1) is 5.57 Å². The van der Waals surface area contributed by atoms with Crippen LogP contribution < -0.4 is 15.8 Å². The summed E-state index contributed by atoms with van der Waals surface area (Å²) < 4.78 is 31.3. The number of benzene rings is 1. The molecule has 0 unspecified atom stereocenters. The van der Waals surface area contributed by atoms with Gasteiger partial charge >= 0.3 is 6.61 Å². The lowest BCUT2D eigenvalue weighted by Gasteiger charge is -2.28. The van der Waals surface area contributed by atoms with E-state index >= 15 is 0 Å². The number of fused-ring (bicyclic) bond motifs is 1. The molecule has 0 aliphatic carbocycles. The minimum absolute atomic E-state index is 0.0533. The van der Waals surface area contributed by atoms with Crippen molar-refractivity contribution in [1.82, 2.24) is 14.8 Å². The van der Waals surface area contributed by atoms with E-state index in [-0.39, 0.29) is 11.3 Å². The lowest BCUT2D eigenvalue weighted by molar-refractivity contribution is -0.115. The van der Waals surface area contributed by atoms with Gasteiger partial charge in [-0.05, 0) is 13.0 Å². The SMILES string of the molecule is CC1=C(C(N)=O)[C@H](c2ccccc2OC(F)F)n2ncnc2N1. The van der Waals surface area contributed by atoms with E-state index in [1.807, 2.05) is 0 Å². The molecule has 1 atom stereocenters. The molecule has 0 bridgehead atoms. The summed E-state index contributed by atoms with van der Waals surface area (Å²) in [7, 11) is 0. The minimum Gasteiger partial charge on any atom is -0.434 e. The van der Waals surface area contributed by atoms with Crippen molar-refractivity contribution >= 4 is 11.9 Å². The second-order valence-electron chi connectivity index (χ2n) is 4.88. The van der Waals surface area contributed by atoms with Crippen molar-refractivity contribution in [2.75, 3.05) is 5.32 Å². The van der Waals surface area contributed by atoms with Gasteiger partial charge in [0.2, 0.25) is 11.9 Å². The summed E-state index contributed by atoms with van der Waals surface area (Å²) >= 11 is 0. The highest BCUT2D eigenvalue weighted by atomic mass is 19.3. The molecule has 0 fully saturated rings. The summed E-state index contributed by atoms with van der Waals surface area (Å²) in [6.07, 6.45) is 1.29. The van der Waals surface area contributed by atoms with Crippen molar-refractivity contribution in [3.63, 3.8) is 0 Å².